The van der Waals surface area contributed by atoms with Crippen LogP contribution in [0.3, 0.4) is 0 Å². The molecule has 0 atom stereocenters. The fraction of sp³-hybridized carbons (Fsp3) is 0.188. The summed E-state index contributed by atoms with van der Waals surface area (Å²) >= 11 is 0. The number of carbonyl (C=O) groups is 3. The Kier molecular flexibility index (Phi) is 3.61. The van der Waals surface area contributed by atoms with Crippen LogP contribution in [-0.2, 0) is 9.59 Å². The van der Waals surface area contributed by atoms with Crippen LogP contribution in [0, 0.1) is 6.92 Å². The Balaban J connectivity index is 2.28. The number of carbonyl (C=O) groups excluding carboxylic acids is 2. The summed E-state index contributed by atoms with van der Waals surface area (Å²) in [5.41, 5.74) is 1.36. The molecule has 1 saturated heterocycles. The lowest BCUT2D eigenvalue weighted by Gasteiger charge is -2.19. The van der Waals surface area contributed by atoms with Gasteiger partial charge in [0, 0.05) is 25.2 Å². The third-order valence-corrected chi connectivity index (χ3v) is 3.59. The van der Waals surface area contributed by atoms with E-state index in [-0.39, 0.29) is 29.8 Å². The first-order valence-corrected chi connectivity index (χ1v) is 7.00. The number of hydrogen-bond donors (Lipinski definition) is 1. The van der Waals surface area contributed by atoms with E-state index in [2.05, 4.69) is 9.97 Å². The lowest BCUT2D eigenvalue weighted by molar-refractivity contribution is -0.121. The number of aromatic nitrogens is 2. The molecular weight excluding hydrogens is 298 g/mol. The van der Waals surface area contributed by atoms with Crippen LogP contribution < -0.4 is 4.90 Å². The zero-order valence-electron chi connectivity index (χ0n) is 12.3. The number of pyridine rings is 2. The van der Waals surface area contributed by atoms with Gasteiger partial charge >= 0.3 is 5.97 Å². The lowest BCUT2D eigenvalue weighted by Crippen LogP contribution is -2.31. The number of aromatic carboxylic acids is 1. The molecule has 1 aliphatic heterocycles. The van der Waals surface area contributed by atoms with Crippen LogP contribution in [0.4, 0.5) is 5.69 Å². The maximum Gasteiger partial charge on any atom is 0.337 e. The van der Waals surface area contributed by atoms with Gasteiger partial charge in [0.15, 0.2) is 0 Å². The van der Waals surface area contributed by atoms with Crippen molar-refractivity contribution >= 4 is 23.5 Å². The Labute approximate surface area is 131 Å². The van der Waals surface area contributed by atoms with Crippen LogP contribution in [0.5, 0.6) is 0 Å². The Morgan fingerprint density at radius 2 is 1.78 bits per heavy atom. The topological polar surface area (TPSA) is 100 Å². The van der Waals surface area contributed by atoms with E-state index in [0.29, 0.717) is 5.69 Å². The molecule has 0 spiro atoms. The second-order valence-electron chi connectivity index (χ2n) is 5.20. The van der Waals surface area contributed by atoms with Crippen molar-refractivity contribution in [3.63, 3.8) is 0 Å². The van der Waals surface area contributed by atoms with Gasteiger partial charge in [0.25, 0.3) is 0 Å². The molecule has 0 unspecified atom stereocenters. The average molecular weight is 311 g/mol. The summed E-state index contributed by atoms with van der Waals surface area (Å²) in [6.45, 7) is 1.86. The summed E-state index contributed by atoms with van der Waals surface area (Å²) in [5.74, 6) is -2.09. The van der Waals surface area contributed by atoms with Crippen molar-refractivity contribution in [2.75, 3.05) is 4.90 Å². The van der Waals surface area contributed by atoms with Gasteiger partial charge in [0.05, 0.1) is 16.9 Å². The Morgan fingerprint density at radius 3 is 2.39 bits per heavy atom. The van der Waals surface area contributed by atoms with Crippen LogP contribution in [0.25, 0.3) is 11.4 Å². The van der Waals surface area contributed by atoms with Crippen LogP contribution in [0.15, 0.2) is 30.6 Å². The Hall–Kier alpha value is -3.09. The maximum absolute atomic E-state index is 12.1. The zero-order valence-corrected chi connectivity index (χ0v) is 12.3. The largest absolute Gasteiger partial charge is 0.478 e. The highest BCUT2D eigenvalue weighted by Gasteiger charge is 2.35. The van der Waals surface area contributed by atoms with Crippen molar-refractivity contribution in [3.05, 3.63) is 41.7 Å². The second-order valence-corrected chi connectivity index (χ2v) is 5.20. The number of imide groups is 1. The Bertz CT molecular complexity index is 816. The van der Waals surface area contributed by atoms with E-state index in [1.165, 1.54) is 12.3 Å². The predicted molar refractivity (Wildman–Crippen MR) is 80.9 cm³/mol. The summed E-state index contributed by atoms with van der Waals surface area (Å²) in [6, 6.07) is 4.79. The average Bonchev–Trinajstić information content (AvgIpc) is 2.85. The number of rotatable bonds is 3. The fourth-order valence-corrected chi connectivity index (χ4v) is 2.53. The molecule has 2 amide bonds. The van der Waals surface area contributed by atoms with Crippen molar-refractivity contribution in [2.24, 2.45) is 0 Å². The number of carboxylic acid groups (broad SMARTS) is 1. The molecule has 1 aliphatic rings. The predicted octanol–water partition coefficient (Wildman–Crippen LogP) is 1.80. The highest BCUT2D eigenvalue weighted by Crippen LogP contribution is 2.34. The van der Waals surface area contributed by atoms with E-state index in [9.17, 15) is 19.5 Å². The lowest BCUT2D eigenvalue weighted by atomic mass is 10.1. The minimum absolute atomic E-state index is 0.00870. The Morgan fingerprint density at radius 1 is 1.13 bits per heavy atom. The van der Waals surface area contributed by atoms with Crippen LogP contribution >= 0.6 is 0 Å². The van der Waals surface area contributed by atoms with E-state index in [1.54, 1.807) is 18.3 Å². The molecule has 0 radical (unpaired) electrons. The molecule has 7 heteroatoms. The first kappa shape index (κ1) is 14.8. The van der Waals surface area contributed by atoms with Crippen molar-refractivity contribution in [3.8, 4) is 11.4 Å². The number of nitrogens with zero attached hydrogens (tertiary/aromatic N) is 3. The SMILES string of the molecule is Cc1ccnc(-c2nccc(C(=O)O)c2N2C(=O)CCC2=O)c1. The molecule has 2 aromatic rings. The third-order valence-electron chi connectivity index (χ3n) is 3.59. The van der Waals surface area contributed by atoms with E-state index in [0.717, 1.165) is 10.5 Å². The van der Waals surface area contributed by atoms with Crippen molar-refractivity contribution in [2.45, 2.75) is 19.8 Å². The van der Waals surface area contributed by atoms with Gasteiger partial charge in [0.1, 0.15) is 5.69 Å². The molecule has 3 rings (SSSR count). The van der Waals surface area contributed by atoms with E-state index in [4.69, 9.17) is 0 Å². The van der Waals surface area contributed by atoms with E-state index in [1.807, 2.05) is 6.92 Å². The molecule has 0 aliphatic carbocycles. The summed E-state index contributed by atoms with van der Waals surface area (Å²) < 4.78 is 0. The minimum atomic E-state index is -1.23. The fourth-order valence-electron chi connectivity index (χ4n) is 2.53. The van der Waals surface area contributed by atoms with Crippen LogP contribution in [0.1, 0.15) is 28.8 Å². The first-order valence-electron chi connectivity index (χ1n) is 7.00. The number of hydrogen-bond acceptors (Lipinski definition) is 5. The van der Waals surface area contributed by atoms with Crippen molar-refractivity contribution in [1.29, 1.82) is 0 Å². The van der Waals surface area contributed by atoms with Gasteiger partial charge < -0.3 is 5.11 Å². The highest BCUT2D eigenvalue weighted by molar-refractivity contribution is 6.23. The number of anilines is 1. The molecule has 1 fully saturated rings. The molecule has 2 aromatic heterocycles. The molecule has 0 saturated carbocycles. The number of aryl methyl sites for hydroxylation is 1. The molecule has 7 nitrogen and oxygen atoms in total. The number of carboxylic acids is 1. The molecule has 0 aromatic carbocycles. The first-order chi connectivity index (χ1) is 11.0. The summed E-state index contributed by atoms with van der Waals surface area (Å²) in [7, 11) is 0. The molecule has 23 heavy (non-hydrogen) atoms. The van der Waals surface area contributed by atoms with E-state index >= 15 is 0 Å². The minimum Gasteiger partial charge on any atom is -0.478 e. The van der Waals surface area contributed by atoms with Gasteiger partial charge in [-0.2, -0.15) is 0 Å². The van der Waals surface area contributed by atoms with Crippen LogP contribution in [0.2, 0.25) is 0 Å². The van der Waals surface area contributed by atoms with E-state index < -0.39 is 17.8 Å². The van der Waals surface area contributed by atoms with Gasteiger partial charge in [-0.05, 0) is 30.7 Å². The quantitative estimate of drug-likeness (QED) is 0.868. The second kappa shape index (κ2) is 5.60. The normalized spacial score (nSPS) is 14.4. The molecule has 1 N–H and O–H groups in total. The maximum atomic E-state index is 12.1. The highest BCUT2D eigenvalue weighted by atomic mass is 16.4. The smallest absolute Gasteiger partial charge is 0.337 e. The standard InChI is InChI=1S/C16H13N3O4/c1-9-4-6-17-11(8-9)14-15(10(16(22)23)5-7-18-14)19-12(20)2-3-13(19)21/h4-8H,2-3H2,1H3,(H,22,23). The third kappa shape index (κ3) is 2.57. The van der Waals surface area contributed by atoms with Crippen molar-refractivity contribution in [1.82, 2.24) is 9.97 Å². The number of amides is 2. The molecule has 116 valence electrons. The zero-order chi connectivity index (χ0) is 16.6. The van der Waals surface area contributed by atoms with Gasteiger partial charge in [-0.25, -0.2) is 9.69 Å². The summed E-state index contributed by atoms with van der Waals surface area (Å²) in [6.07, 6.45) is 3.02. The van der Waals surface area contributed by atoms with Crippen molar-refractivity contribution < 1.29 is 19.5 Å². The molecule has 3 heterocycles. The van der Waals surface area contributed by atoms with Gasteiger partial charge in [-0.3, -0.25) is 19.6 Å². The van der Waals surface area contributed by atoms with Gasteiger partial charge in [0.2, 0.25) is 11.8 Å². The molecule has 0 bridgehead atoms. The van der Waals surface area contributed by atoms with Crippen LogP contribution in [-0.4, -0.2) is 32.9 Å². The van der Waals surface area contributed by atoms with Gasteiger partial charge in [-0.15, -0.1) is 0 Å². The monoisotopic (exact) mass is 311 g/mol. The summed E-state index contributed by atoms with van der Waals surface area (Å²) in [5, 5.41) is 9.43. The molecular formula is C16H13N3O4. The van der Waals surface area contributed by atoms with Gasteiger partial charge in [-0.1, -0.05) is 0 Å². The summed E-state index contributed by atoms with van der Waals surface area (Å²) in [4.78, 5) is 45.0.